The third kappa shape index (κ3) is 3.99. The highest BCUT2D eigenvalue weighted by Crippen LogP contribution is 2.55. The number of carbonyl (C=O) groups excluding carboxylic acids is 4. The van der Waals surface area contributed by atoms with Gasteiger partial charge in [0.1, 0.15) is 0 Å². The van der Waals surface area contributed by atoms with Crippen LogP contribution in [0.25, 0.3) is 0 Å². The number of nitrogens with zero attached hydrogens (tertiary/aromatic N) is 1. The fraction of sp³-hybridized carbons (Fsp3) is 0.290. The molecule has 1 saturated heterocycles. The predicted octanol–water partition coefficient (Wildman–Crippen LogP) is 5.03. The molecule has 0 bridgehead atoms. The van der Waals surface area contributed by atoms with Gasteiger partial charge in [0.25, 0.3) is 0 Å². The summed E-state index contributed by atoms with van der Waals surface area (Å²) in [6.45, 7) is 3.79. The van der Waals surface area contributed by atoms with Crippen LogP contribution in [-0.4, -0.2) is 35.1 Å². The number of fused-ring (bicyclic) bond motifs is 3. The average Bonchev–Trinajstić information content (AvgIpc) is 3.18. The summed E-state index contributed by atoms with van der Waals surface area (Å²) in [4.78, 5) is 55.6. The number of ketones is 2. The highest BCUT2D eigenvalue weighted by molar-refractivity contribution is 14.1. The summed E-state index contributed by atoms with van der Waals surface area (Å²) >= 11 is 2.18. The summed E-state index contributed by atoms with van der Waals surface area (Å²) in [6.07, 6.45) is 3.95. The zero-order chi connectivity index (χ0) is 27.6. The van der Waals surface area contributed by atoms with Crippen LogP contribution in [0.1, 0.15) is 38.2 Å². The van der Waals surface area contributed by atoms with Crippen LogP contribution in [0.5, 0.6) is 11.5 Å². The Morgan fingerprint density at radius 1 is 1.03 bits per heavy atom. The summed E-state index contributed by atoms with van der Waals surface area (Å²) in [7, 11) is 0. The van der Waals surface area contributed by atoms with Crippen molar-refractivity contribution >= 4 is 51.7 Å². The molecular formula is C31H26INO6. The smallest absolute Gasteiger partial charge is 0.238 e. The normalized spacial score (nSPS) is 26.2. The number of hydrogen-bond acceptors (Lipinski definition) is 6. The average molecular weight is 635 g/mol. The highest BCUT2D eigenvalue weighted by Gasteiger charge is 2.56. The Balaban J connectivity index is 1.48. The van der Waals surface area contributed by atoms with Crippen LogP contribution in [0.4, 0.5) is 5.69 Å². The first-order chi connectivity index (χ1) is 18.7. The van der Waals surface area contributed by atoms with Crippen molar-refractivity contribution in [2.24, 2.45) is 17.8 Å². The number of hydrogen-bond donors (Lipinski definition) is 1. The molecule has 1 heterocycles. The molecule has 3 aliphatic carbocycles. The number of phenols is 1. The molecule has 39 heavy (non-hydrogen) atoms. The molecule has 1 N–H and O–H groups in total. The van der Waals surface area contributed by atoms with Crippen molar-refractivity contribution in [1.82, 2.24) is 0 Å². The number of anilines is 1. The van der Waals surface area contributed by atoms with E-state index in [0.29, 0.717) is 41.0 Å². The molecular weight excluding hydrogens is 609 g/mol. The van der Waals surface area contributed by atoms with Crippen molar-refractivity contribution in [3.63, 3.8) is 0 Å². The molecule has 8 heteroatoms. The molecule has 0 unspecified atom stereocenters. The van der Waals surface area contributed by atoms with E-state index in [9.17, 15) is 24.3 Å². The van der Waals surface area contributed by atoms with E-state index in [1.54, 1.807) is 31.2 Å². The number of phenolic OH excluding ortho intramolecular Hbond substituents is 1. The first kappa shape index (κ1) is 25.7. The number of Topliss-reactive ketones (excluding diaryl/α,β-unsaturated/α-hetero) is 1. The van der Waals surface area contributed by atoms with E-state index >= 15 is 0 Å². The van der Waals surface area contributed by atoms with Gasteiger partial charge in [0.05, 0.1) is 24.1 Å². The first-order valence-electron chi connectivity index (χ1n) is 13.0. The lowest BCUT2D eigenvalue weighted by Crippen LogP contribution is -2.39. The molecule has 2 aromatic carbocycles. The van der Waals surface area contributed by atoms with Crippen molar-refractivity contribution in [2.75, 3.05) is 11.5 Å². The van der Waals surface area contributed by atoms with E-state index in [1.165, 1.54) is 17.0 Å². The number of carbonyl (C=O) groups is 4. The molecule has 2 aromatic rings. The van der Waals surface area contributed by atoms with Crippen LogP contribution in [0, 0.1) is 21.3 Å². The highest BCUT2D eigenvalue weighted by atomic mass is 127. The minimum atomic E-state index is -0.633. The molecule has 4 aliphatic rings. The molecule has 2 amide bonds. The van der Waals surface area contributed by atoms with Gasteiger partial charge >= 0.3 is 0 Å². The monoisotopic (exact) mass is 635 g/mol. The number of benzene rings is 2. The molecule has 1 fully saturated rings. The molecule has 0 saturated carbocycles. The van der Waals surface area contributed by atoms with Gasteiger partial charge in [-0.1, -0.05) is 17.7 Å². The van der Waals surface area contributed by atoms with Gasteiger partial charge in [-0.25, -0.2) is 0 Å². The molecule has 4 atom stereocenters. The van der Waals surface area contributed by atoms with E-state index in [-0.39, 0.29) is 41.3 Å². The van der Waals surface area contributed by atoms with Gasteiger partial charge in [0, 0.05) is 26.2 Å². The van der Waals surface area contributed by atoms with Crippen LogP contribution in [0.3, 0.4) is 0 Å². The summed E-state index contributed by atoms with van der Waals surface area (Å²) in [5.74, 6) is -2.83. The fourth-order valence-corrected chi connectivity index (χ4v) is 6.93. The number of aromatic hydroxyl groups is 1. The molecule has 7 nitrogen and oxygen atoms in total. The maximum Gasteiger partial charge on any atom is 0.238 e. The Bertz CT molecular complexity index is 1550. The third-order valence-corrected chi connectivity index (χ3v) is 8.99. The second-order valence-corrected chi connectivity index (χ2v) is 11.6. The largest absolute Gasteiger partial charge is 0.504 e. The summed E-state index contributed by atoms with van der Waals surface area (Å²) in [5.41, 5.74) is 3.29. The van der Waals surface area contributed by atoms with Gasteiger partial charge in [-0.05, 0) is 103 Å². The van der Waals surface area contributed by atoms with Crippen molar-refractivity contribution in [3.05, 3.63) is 86.0 Å². The Kier molecular flexibility index (Phi) is 6.32. The Hall–Kier alpha value is -3.53. The molecule has 0 aromatic heterocycles. The minimum Gasteiger partial charge on any atom is -0.504 e. The summed E-state index contributed by atoms with van der Waals surface area (Å²) in [6, 6.07) is 12.2. The second-order valence-electron chi connectivity index (χ2n) is 10.4. The molecule has 0 radical (unpaired) electrons. The first-order valence-corrected chi connectivity index (χ1v) is 14.1. The van der Waals surface area contributed by atoms with Gasteiger partial charge in [-0.2, -0.15) is 0 Å². The molecule has 0 spiro atoms. The number of imide groups is 1. The summed E-state index contributed by atoms with van der Waals surface area (Å²) < 4.78 is 6.62. The van der Waals surface area contributed by atoms with E-state index in [0.717, 1.165) is 9.14 Å². The van der Waals surface area contributed by atoms with Crippen LogP contribution < -0.4 is 9.64 Å². The van der Waals surface area contributed by atoms with Gasteiger partial charge in [0.2, 0.25) is 11.8 Å². The number of allylic oxidation sites excluding steroid dienone is 6. The van der Waals surface area contributed by atoms with E-state index in [4.69, 9.17) is 4.74 Å². The number of ether oxygens (including phenoxy) is 1. The predicted molar refractivity (Wildman–Crippen MR) is 152 cm³/mol. The third-order valence-electron chi connectivity index (χ3n) is 8.27. The maximum atomic E-state index is 13.9. The van der Waals surface area contributed by atoms with Crippen LogP contribution in [0.15, 0.2) is 76.9 Å². The lowest BCUT2D eigenvalue weighted by molar-refractivity contribution is -0.123. The van der Waals surface area contributed by atoms with Crippen LogP contribution in [-0.2, 0) is 19.2 Å². The fourth-order valence-electron chi connectivity index (χ4n) is 6.57. The van der Waals surface area contributed by atoms with Gasteiger partial charge in [-0.3, -0.25) is 24.1 Å². The van der Waals surface area contributed by atoms with Crippen LogP contribution in [0.2, 0.25) is 0 Å². The second kappa shape index (κ2) is 9.59. The van der Waals surface area contributed by atoms with Gasteiger partial charge in [0.15, 0.2) is 23.1 Å². The van der Waals surface area contributed by atoms with Gasteiger partial charge in [-0.15, -0.1) is 0 Å². The van der Waals surface area contributed by atoms with Crippen molar-refractivity contribution < 1.29 is 29.0 Å². The zero-order valence-corrected chi connectivity index (χ0v) is 23.6. The molecule has 1 aliphatic heterocycles. The lowest BCUT2D eigenvalue weighted by Gasteiger charge is -2.42. The number of rotatable bonds is 4. The molecule has 6 rings (SSSR count). The summed E-state index contributed by atoms with van der Waals surface area (Å²) in [5, 5.41) is 10.3. The van der Waals surface area contributed by atoms with E-state index in [1.807, 2.05) is 25.1 Å². The minimum absolute atomic E-state index is 0.0216. The number of amides is 2. The molecule has 198 valence electrons. The lowest BCUT2D eigenvalue weighted by atomic mass is 9.59. The van der Waals surface area contributed by atoms with Crippen molar-refractivity contribution in [2.45, 2.75) is 32.6 Å². The van der Waals surface area contributed by atoms with E-state index < -0.39 is 23.7 Å². The Morgan fingerprint density at radius 2 is 1.77 bits per heavy atom. The Labute approximate surface area is 239 Å². The SMILES string of the molecule is CCOc1cc([C@H]2C3=CC[C@@H]4C(=O)N(c5ccc(I)cc5)C(=O)[C@@H]4[C@@H]3CC3=C2C(=O)C(C)=CC3=O)ccc1O. The van der Waals surface area contributed by atoms with Crippen LogP contribution >= 0.6 is 22.6 Å². The number of halogens is 1. The Morgan fingerprint density at radius 3 is 2.49 bits per heavy atom. The zero-order valence-electron chi connectivity index (χ0n) is 21.4. The topological polar surface area (TPSA) is 101 Å². The van der Waals surface area contributed by atoms with Crippen molar-refractivity contribution in [1.29, 1.82) is 0 Å². The quantitative estimate of drug-likeness (QED) is 0.219. The van der Waals surface area contributed by atoms with Gasteiger partial charge < -0.3 is 9.84 Å². The standard InChI is InChI=1S/C31H26INO6/c1-3-39-25-13-16(4-11-23(25)34)26-19-9-10-20-27(21(19)14-22-24(35)12-15(2)29(36)28(22)26)31(38)33(30(20)37)18-7-5-17(32)6-8-18/h4-9,11-13,20-21,26-27,34H,3,10,14H2,1-2H3/t20-,21+,26-,27-/m0/s1. The van der Waals surface area contributed by atoms with Crippen molar-refractivity contribution in [3.8, 4) is 11.5 Å². The maximum absolute atomic E-state index is 13.9. The van der Waals surface area contributed by atoms with E-state index in [2.05, 4.69) is 22.6 Å².